The summed E-state index contributed by atoms with van der Waals surface area (Å²) in [6, 6.07) is 8.19. The van der Waals surface area contributed by atoms with E-state index in [0.717, 1.165) is 0 Å². The van der Waals surface area contributed by atoms with Crippen molar-refractivity contribution >= 4 is 17.6 Å². The van der Waals surface area contributed by atoms with E-state index in [9.17, 15) is 4.79 Å². The number of carboxylic acid groups (broad SMARTS) is 1. The average Bonchev–Trinajstić information content (AvgIpc) is 2.73. The largest absolute Gasteiger partial charge is 0.480 e. The van der Waals surface area contributed by atoms with Crippen LogP contribution >= 0.6 is 11.6 Å². The van der Waals surface area contributed by atoms with E-state index < -0.39 is 5.97 Å². The number of carboxylic acids is 1. The van der Waals surface area contributed by atoms with E-state index in [4.69, 9.17) is 21.4 Å². The monoisotopic (exact) mass is 252 g/mol. The van der Waals surface area contributed by atoms with E-state index in [2.05, 4.69) is 5.10 Å². The van der Waals surface area contributed by atoms with E-state index in [1.807, 2.05) is 0 Å². The first-order valence-electron chi connectivity index (χ1n) is 4.75. The van der Waals surface area contributed by atoms with Gasteiger partial charge in [-0.25, -0.2) is 9.48 Å². The number of aromatic nitrogens is 2. The van der Waals surface area contributed by atoms with E-state index in [1.54, 1.807) is 24.3 Å². The molecule has 0 bridgehead atoms. The molecule has 5 nitrogen and oxygen atoms in total. The lowest BCUT2D eigenvalue weighted by Gasteiger charge is -2.05. The van der Waals surface area contributed by atoms with Gasteiger partial charge in [0.15, 0.2) is 5.69 Å². The Labute approximate surface area is 102 Å². The van der Waals surface area contributed by atoms with Crippen LogP contribution in [0.2, 0.25) is 5.02 Å². The van der Waals surface area contributed by atoms with Gasteiger partial charge < -0.3 is 9.84 Å². The van der Waals surface area contributed by atoms with Gasteiger partial charge in [0, 0.05) is 6.07 Å². The number of rotatable bonds is 3. The highest BCUT2D eigenvalue weighted by molar-refractivity contribution is 6.32. The second-order valence-corrected chi connectivity index (χ2v) is 3.65. The van der Waals surface area contributed by atoms with Gasteiger partial charge in [0.1, 0.15) is 0 Å². The van der Waals surface area contributed by atoms with Crippen molar-refractivity contribution in [3.05, 3.63) is 41.0 Å². The summed E-state index contributed by atoms with van der Waals surface area (Å²) in [5.74, 6) is -0.872. The van der Waals surface area contributed by atoms with E-state index in [0.29, 0.717) is 10.7 Å². The van der Waals surface area contributed by atoms with Crippen molar-refractivity contribution in [2.24, 2.45) is 0 Å². The molecule has 0 saturated carbocycles. The van der Waals surface area contributed by atoms with Gasteiger partial charge in [0.25, 0.3) is 0 Å². The molecular weight excluding hydrogens is 244 g/mol. The number of hydrogen-bond acceptors (Lipinski definition) is 3. The van der Waals surface area contributed by atoms with Gasteiger partial charge in [-0.1, -0.05) is 23.7 Å². The molecular formula is C11H9ClN2O3. The second-order valence-electron chi connectivity index (χ2n) is 3.24. The number of methoxy groups -OCH3 is 1. The fourth-order valence-corrected chi connectivity index (χ4v) is 1.63. The fourth-order valence-electron chi connectivity index (χ4n) is 1.42. The standard InChI is InChI=1S/C11H9ClN2O3/c1-17-10-6-9(11(15)16)14(13-10)8-5-3-2-4-7(8)12/h2-6H,1H3,(H,15,16). The minimum absolute atomic E-state index is 0.00468. The highest BCUT2D eigenvalue weighted by Crippen LogP contribution is 2.23. The van der Waals surface area contributed by atoms with Crippen LogP contribution in [-0.4, -0.2) is 28.0 Å². The maximum Gasteiger partial charge on any atom is 0.354 e. The summed E-state index contributed by atoms with van der Waals surface area (Å²) in [5.41, 5.74) is 0.491. The quantitative estimate of drug-likeness (QED) is 0.910. The SMILES string of the molecule is COc1cc(C(=O)O)n(-c2ccccc2Cl)n1. The molecule has 1 aromatic carbocycles. The molecule has 0 aliphatic heterocycles. The first kappa shape index (κ1) is 11.5. The molecule has 17 heavy (non-hydrogen) atoms. The Morgan fingerprint density at radius 2 is 2.18 bits per heavy atom. The molecule has 1 heterocycles. The van der Waals surface area contributed by atoms with Crippen LogP contribution in [-0.2, 0) is 0 Å². The van der Waals surface area contributed by atoms with Crippen LogP contribution in [0.4, 0.5) is 0 Å². The summed E-state index contributed by atoms with van der Waals surface area (Å²) in [5, 5.41) is 13.5. The Kier molecular flexibility index (Phi) is 3.01. The lowest BCUT2D eigenvalue weighted by Crippen LogP contribution is -2.08. The molecule has 0 aliphatic rings. The van der Waals surface area contributed by atoms with Gasteiger partial charge in [-0.05, 0) is 12.1 Å². The number of benzene rings is 1. The highest BCUT2D eigenvalue weighted by atomic mass is 35.5. The third kappa shape index (κ3) is 2.09. The fraction of sp³-hybridized carbons (Fsp3) is 0.0909. The van der Waals surface area contributed by atoms with Crippen LogP contribution in [0.1, 0.15) is 10.5 Å². The molecule has 0 unspecified atom stereocenters. The zero-order valence-electron chi connectivity index (χ0n) is 8.92. The van der Waals surface area contributed by atoms with Crippen molar-refractivity contribution in [2.45, 2.75) is 0 Å². The number of aromatic carboxylic acids is 1. The Bertz CT molecular complexity index is 566. The van der Waals surface area contributed by atoms with E-state index in [-0.39, 0.29) is 11.6 Å². The number of para-hydroxylation sites is 1. The predicted molar refractivity (Wildman–Crippen MR) is 62.1 cm³/mol. The second kappa shape index (κ2) is 4.47. The maximum absolute atomic E-state index is 11.1. The molecule has 0 aliphatic carbocycles. The number of carbonyl (C=O) groups is 1. The zero-order chi connectivity index (χ0) is 12.4. The molecule has 0 amide bonds. The highest BCUT2D eigenvalue weighted by Gasteiger charge is 2.17. The molecule has 0 spiro atoms. The maximum atomic E-state index is 11.1. The number of nitrogens with zero attached hydrogens (tertiary/aromatic N) is 2. The third-order valence-electron chi connectivity index (χ3n) is 2.20. The summed E-state index contributed by atoms with van der Waals surface area (Å²) in [6.07, 6.45) is 0. The third-order valence-corrected chi connectivity index (χ3v) is 2.52. The van der Waals surface area contributed by atoms with Gasteiger partial charge in [-0.3, -0.25) is 0 Å². The number of hydrogen-bond donors (Lipinski definition) is 1. The molecule has 88 valence electrons. The molecule has 2 aromatic rings. The van der Waals surface area contributed by atoms with E-state index >= 15 is 0 Å². The molecule has 0 fully saturated rings. The predicted octanol–water partition coefficient (Wildman–Crippen LogP) is 2.23. The van der Waals surface area contributed by atoms with Gasteiger partial charge in [0.2, 0.25) is 5.88 Å². The first-order chi connectivity index (χ1) is 8.13. The van der Waals surface area contributed by atoms with Gasteiger partial charge in [0.05, 0.1) is 17.8 Å². The average molecular weight is 253 g/mol. The van der Waals surface area contributed by atoms with Crippen molar-refractivity contribution < 1.29 is 14.6 Å². The molecule has 2 rings (SSSR count). The Balaban J connectivity index is 2.62. The van der Waals surface area contributed by atoms with Crippen LogP contribution in [0.15, 0.2) is 30.3 Å². The summed E-state index contributed by atoms with van der Waals surface area (Å²) < 4.78 is 6.15. The minimum atomic E-state index is -1.10. The first-order valence-corrected chi connectivity index (χ1v) is 5.13. The van der Waals surface area contributed by atoms with Crippen LogP contribution < -0.4 is 4.74 Å². The van der Waals surface area contributed by atoms with Gasteiger partial charge in [-0.2, -0.15) is 0 Å². The van der Waals surface area contributed by atoms with E-state index in [1.165, 1.54) is 17.9 Å². The van der Waals surface area contributed by atoms with Crippen LogP contribution in [0.3, 0.4) is 0 Å². The van der Waals surface area contributed by atoms with Gasteiger partial charge >= 0.3 is 5.97 Å². The summed E-state index contributed by atoms with van der Waals surface area (Å²) >= 11 is 5.99. The molecule has 1 aromatic heterocycles. The summed E-state index contributed by atoms with van der Waals surface area (Å²) in [6.45, 7) is 0. The van der Waals surface area contributed by atoms with Crippen molar-refractivity contribution in [1.29, 1.82) is 0 Å². The molecule has 0 atom stereocenters. The van der Waals surface area contributed by atoms with Crippen molar-refractivity contribution in [1.82, 2.24) is 9.78 Å². The Morgan fingerprint density at radius 1 is 1.47 bits per heavy atom. The van der Waals surface area contributed by atoms with Crippen molar-refractivity contribution in [3.63, 3.8) is 0 Å². The zero-order valence-corrected chi connectivity index (χ0v) is 9.68. The smallest absolute Gasteiger partial charge is 0.354 e. The normalized spacial score (nSPS) is 10.2. The minimum Gasteiger partial charge on any atom is -0.480 e. The van der Waals surface area contributed by atoms with Gasteiger partial charge in [-0.15, -0.1) is 5.10 Å². The number of ether oxygens (including phenoxy) is 1. The van der Waals surface area contributed by atoms with Crippen LogP contribution in [0.5, 0.6) is 5.88 Å². The van der Waals surface area contributed by atoms with Crippen LogP contribution in [0, 0.1) is 0 Å². The van der Waals surface area contributed by atoms with Crippen molar-refractivity contribution in [2.75, 3.05) is 7.11 Å². The molecule has 6 heteroatoms. The Hall–Kier alpha value is -2.01. The molecule has 1 N–H and O–H groups in total. The topological polar surface area (TPSA) is 64.3 Å². The number of halogens is 1. The molecule has 0 radical (unpaired) electrons. The van der Waals surface area contributed by atoms with Crippen molar-refractivity contribution in [3.8, 4) is 11.6 Å². The summed E-state index contributed by atoms with van der Waals surface area (Å²) in [4.78, 5) is 11.1. The lowest BCUT2D eigenvalue weighted by molar-refractivity contribution is 0.0687. The Morgan fingerprint density at radius 3 is 2.76 bits per heavy atom. The summed E-state index contributed by atoms with van der Waals surface area (Å²) in [7, 11) is 1.42. The lowest BCUT2D eigenvalue weighted by atomic mass is 10.3. The van der Waals surface area contributed by atoms with Crippen LogP contribution in [0.25, 0.3) is 5.69 Å². The molecule has 0 saturated heterocycles.